The standard InChI is InChI=1S/C12H25N3O2/c1-14(2)12(17)5-6-13-9-11(16)10-15-7-3-4-8-15/h11,13,16H,3-10H2,1-2H3. The van der Waals surface area contributed by atoms with E-state index in [4.69, 9.17) is 0 Å². The summed E-state index contributed by atoms with van der Waals surface area (Å²) < 4.78 is 0. The minimum absolute atomic E-state index is 0.117. The van der Waals surface area contributed by atoms with Crippen LogP contribution < -0.4 is 5.32 Å². The molecule has 5 heteroatoms. The SMILES string of the molecule is CN(C)C(=O)CCNCC(O)CN1CCCC1. The summed E-state index contributed by atoms with van der Waals surface area (Å²) in [6.07, 6.45) is 2.65. The Morgan fingerprint density at radius 1 is 1.41 bits per heavy atom. The van der Waals surface area contributed by atoms with Crippen molar-refractivity contribution in [1.82, 2.24) is 15.1 Å². The van der Waals surface area contributed by atoms with Crippen LogP contribution in [0.2, 0.25) is 0 Å². The Kier molecular flexibility index (Phi) is 6.47. The molecular formula is C12H25N3O2. The summed E-state index contributed by atoms with van der Waals surface area (Å²) >= 11 is 0. The monoisotopic (exact) mass is 243 g/mol. The summed E-state index contributed by atoms with van der Waals surface area (Å²) in [5.74, 6) is 0.117. The number of nitrogens with one attached hydrogen (secondary N) is 1. The molecule has 0 aromatic carbocycles. The van der Waals surface area contributed by atoms with Crippen LogP contribution in [0.1, 0.15) is 19.3 Å². The van der Waals surface area contributed by atoms with Crippen LogP contribution in [0.3, 0.4) is 0 Å². The molecule has 0 radical (unpaired) electrons. The van der Waals surface area contributed by atoms with Gasteiger partial charge in [0.25, 0.3) is 0 Å². The van der Waals surface area contributed by atoms with Crippen LogP contribution in [-0.2, 0) is 4.79 Å². The number of hydrogen-bond acceptors (Lipinski definition) is 4. The maximum atomic E-state index is 11.3. The van der Waals surface area contributed by atoms with E-state index in [-0.39, 0.29) is 12.0 Å². The normalized spacial score (nSPS) is 18.3. The molecule has 1 aliphatic heterocycles. The number of carbonyl (C=O) groups is 1. The van der Waals surface area contributed by atoms with Gasteiger partial charge in [-0.25, -0.2) is 0 Å². The van der Waals surface area contributed by atoms with Crippen LogP contribution in [0.15, 0.2) is 0 Å². The number of aliphatic hydroxyl groups is 1. The van der Waals surface area contributed by atoms with Gasteiger partial charge >= 0.3 is 0 Å². The van der Waals surface area contributed by atoms with Crippen molar-refractivity contribution >= 4 is 5.91 Å². The van der Waals surface area contributed by atoms with Crippen LogP contribution >= 0.6 is 0 Å². The lowest BCUT2D eigenvalue weighted by molar-refractivity contribution is -0.128. The Bertz CT molecular complexity index is 228. The van der Waals surface area contributed by atoms with Crippen molar-refractivity contribution in [2.45, 2.75) is 25.4 Å². The molecule has 2 N–H and O–H groups in total. The first-order valence-corrected chi connectivity index (χ1v) is 6.41. The second-order valence-electron chi connectivity index (χ2n) is 4.90. The number of rotatable bonds is 7. The van der Waals surface area contributed by atoms with Gasteiger partial charge < -0.3 is 20.2 Å². The lowest BCUT2D eigenvalue weighted by atomic mass is 10.3. The first-order valence-electron chi connectivity index (χ1n) is 6.41. The molecule has 0 aliphatic carbocycles. The fourth-order valence-electron chi connectivity index (χ4n) is 2.02. The van der Waals surface area contributed by atoms with Gasteiger partial charge in [-0.15, -0.1) is 0 Å². The number of carbonyl (C=O) groups excluding carboxylic acids is 1. The molecule has 1 saturated heterocycles. The summed E-state index contributed by atoms with van der Waals surface area (Å²) in [5, 5.41) is 12.9. The fourth-order valence-corrected chi connectivity index (χ4v) is 2.02. The maximum Gasteiger partial charge on any atom is 0.223 e. The molecule has 1 fully saturated rings. The van der Waals surface area contributed by atoms with Gasteiger partial charge in [0.15, 0.2) is 0 Å². The summed E-state index contributed by atoms with van der Waals surface area (Å²) in [5.41, 5.74) is 0. The zero-order chi connectivity index (χ0) is 12.7. The molecule has 1 amide bonds. The van der Waals surface area contributed by atoms with Crippen molar-refractivity contribution in [1.29, 1.82) is 0 Å². The zero-order valence-corrected chi connectivity index (χ0v) is 11.0. The lowest BCUT2D eigenvalue weighted by Crippen LogP contribution is -2.38. The van der Waals surface area contributed by atoms with Crippen LogP contribution in [0.25, 0.3) is 0 Å². The van der Waals surface area contributed by atoms with Crippen LogP contribution in [0, 0.1) is 0 Å². The van der Waals surface area contributed by atoms with Gasteiger partial charge in [-0.1, -0.05) is 0 Å². The minimum Gasteiger partial charge on any atom is -0.390 e. The van der Waals surface area contributed by atoms with Crippen molar-refractivity contribution in [2.75, 3.05) is 46.8 Å². The summed E-state index contributed by atoms with van der Waals surface area (Å²) in [6, 6.07) is 0. The number of nitrogens with zero attached hydrogens (tertiary/aromatic N) is 2. The van der Waals surface area contributed by atoms with Gasteiger partial charge in [-0.05, 0) is 25.9 Å². The zero-order valence-electron chi connectivity index (χ0n) is 11.0. The largest absolute Gasteiger partial charge is 0.390 e. The average molecular weight is 243 g/mol. The molecule has 1 atom stereocenters. The van der Waals surface area contributed by atoms with E-state index in [1.165, 1.54) is 12.8 Å². The minimum atomic E-state index is -0.331. The third kappa shape index (κ3) is 6.00. The van der Waals surface area contributed by atoms with E-state index < -0.39 is 0 Å². The number of hydrogen-bond donors (Lipinski definition) is 2. The quantitative estimate of drug-likeness (QED) is 0.593. The molecule has 1 heterocycles. The Balaban J connectivity index is 1.99. The summed E-state index contributed by atoms with van der Waals surface area (Å²) in [6.45, 7) is 4.16. The highest BCUT2D eigenvalue weighted by Gasteiger charge is 2.15. The second-order valence-corrected chi connectivity index (χ2v) is 4.90. The molecule has 100 valence electrons. The van der Waals surface area contributed by atoms with E-state index in [0.717, 1.165) is 19.6 Å². The second kappa shape index (κ2) is 7.63. The molecule has 5 nitrogen and oxygen atoms in total. The molecule has 1 rings (SSSR count). The highest BCUT2D eigenvalue weighted by Crippen LogP contribution is 2.07. The van der Waals surface area contributed by atoms with Crippen molar-refractivity contribution in [2.24, 2.45) is 0 Å². The van der Waals surface area contributed by atoms with Crippen molar-refractivity contribution in [3.63, 3.8) is 0 Å². The number of aliphatic hydroxyl groups excluding tert-OH is 1. The molecular weight excluding hydrogens is 218 g/mol. The molecule has 0 spiro atoms. The van der Waals surface area contributed by atoms with Crippen LogP contribution in [0.5, 0.6) is 0 Å². The molecule has 1 unspecified atom stereocenters. The Morgan fingerprint density at radius 3 is 2.65 bits per heavy atom. The fraction of sp³-hybridized carbons (Fsp3) is 0.917. The Morgan fingerprint density at radius 2 is 2.06 bits per heavy atom. The van der Waals surface area contributed by atoms with Gasteiger partial charge in [0.2, 0.25) is 5.91 Å². The number of likely N-dealkylation sites (tertiary alicyclic amines) is 1. The molecule has 1 aliphatic rings. The van der Waals surface area contributed by atoms with Gasteiger partial charge in [0, 0.05) is 40.2 Å². The molecule has 0 bridgehead atoms. The van der Waals surface area contributed by atoms with Crippen LogP contribution in [0.4, 0.5) is 0 Å². The number of amides is 1. The highest BCUT2D eigenvalue weighted by atomic mass is 16.3. The Labute approximate surface area is 104 Å². The number of β-amino-alcohol motifs (C(OH)–C–C–N with tert-alkyl or cyclic N) is 1. The van der Waals surface area contributed by atoms with Gasteiger partial charge in [0.1, 0.15) is 0 Å². The van der Waals surface area contributed by atoms with E-state index in [1.54, 1.807) is 19.0 Å². The van der Waals surface area contributed by atoms with Gasteiger partial charge in [-0.2, -0.15) is 0 Å². The molecule has 0 aromatic heterocycles. The first kappa shape index (κ1) is 14.4. The third-order valence-corrected chi connectivity index (χ3v) is 3.06. The first-order chi connectivity index (χ1) is 8.09. The van der Waals surface area contributed by atoms with Crippen LogP contribution in [-0.4, -0.2) is 73.7 Å². The maximum absolute atomic E-state index is 11.3. The van der Waals surface area contributed by atoms with Gasteiger partial charge in [-0.3, -0.25) is 4.79 Å². The van der Waals surface area contributed by atoms with Crippen molar-refractivity contribution in [3.05, 3.63) is 0 Å². The van der Waals surface area contributed by atoms with E-state index in [1.807, 2.05) is 0 Å². The predicted octanol–water partition coefficient (Wildman–Crippen LogP) is -0.489. The molecule has 0 aromatic rings. The topological polar surface area (TPSA) is 55.8 Å². The van der Waals surface area contributed by atoms with E-state index in [2.05, 4.69) is 10.2 Å². The summed E-state index contributed by atoms with van der Waals surface area (Å²) in [7, 11) is 3.51. The van der Waals surface area contributed by atoms with E-state index in [9.17, 15) is 9.90 Å². The smallest absolute Gasteiger partial charge is 0.223 e. The molecule has 0 saturated carbocycles. The highest BCUT2D eigenvalue weighted by molar-refractivity contribution is 5.75. The third-order valence-electron chi connectivity index (χ3n) is 3.06. The predicted molar refractivity (Wildman–Crippen MR) is 67.9 cm³/mol. The van der Waals surface area contributed by atoms with E-state index in [0.29, 0.717) is 19.5 Å². The van der Waals surface area contributed by atoms with Gasteiger partial charge in [0.05, 0.1) is 6.10 Å². The van der Waals surface area contributed by atoms with E-state index >= 15 is 0 Å². The molecule has 17 heavy (non-hydrogen) atoms. The Hall–Kier alpha value is -0.650. The van der Waals surface area contributed by atoms with Crippen molar-refractivity contribution < 1.29 is 9.90 Å². The summed E-state index contributed by atoms with van der Waals surface area (Å²) in [4.78, 5) is 15.2. The van der Waals surface area contributed by atoms with Crippen molar-refractivity contribution in [3.8, 4) is 0 Å². The lowest BCUT2D eigenvalue weighted by Gasteiger charge is -2.19. The average Bonchev–Trinajstić information content (AvgIpc) is 2.76.